The highest BCUT2D eigenvalue weighted by atomic mass is 16.4. The smallest absolute Gasteiger partial charge is 0.358 e. The van der Waals surface area contributed by atoms with E-state index in [0.29, 0.717) is 0 Å². The summed E-state index contributed by atoms with van der Waals surface area (Å²) in [5.74, 6) is -1.31. The van der Waals surface area contributed by atoms with Crippen LogP contribution in [0.25, 0.3) is 0 Å². The number of nitrogens with one attached hydrogen (secondary N) is 1. The van der Waals surface area contributed by atoms with Crippen molar-refractivity contribution < 1.29 is 14.7 Å². The van der Waals surface area contributed by atoms with E-state index < -0.39 is 5.97 Å². The third-order valence-corrected chi connectivity index (χ3v) is 2.38. The fraction of sp³-hybridized carbons (Fsp3) is 0.167. The third kappa shape index (κ3) is 3.63. The van der Waals surface area contributed by atoms with Gasteiger partial charge in [-0.25, -0.2) is 4.79 Å². The Morgan fingerprint density at radius 1 is 1.26 bits per heavy atom. The summed E-state index contributed by atoms with van der Waals surface area (Å²) in [6, 6.07) is 9.09. The zero-order valence-corrected chi connectivity index (χ0v) is 9.98. The first-order chi connectivity index (χ1) is 9.15. The Balaban J connectivity index is 1.84. The second kappa shape index (κ2) is 5.76. The SMILES string of the molecule is O=C(CCn1cc(C(=O)O)nn1)Nc1ccccc1. The molecule has 0 aliphatic heterocycles. The van der Waals surface area contributed by atoms with Crippen LogP contribution in [0.5, 0.6) is 0 Å². The van der Waals surface area contributed by atoms with Crippen LogP contribution in [0.4, 0.5) is 5.69 Å². The van der Waals surface area contributed by atoms with Crippen LogP contribution in [-0.4, -0.2) is 32.0 Å². The van der Waals surface area contributed by atoms with Gasteiger partial charge in [0.15, 0.2) is 5.69 Å². The Kier molecular flexibility index (Phi) is 3.87. The molecule has 1 heterocycles. The number of hydrogen-bond donors (Lipinski definition) is 2. The number of para-hydroxylation sites is 1. The molecule has 0 aliphatic rings. The minimum Gasteiger partial charge on any atom is -0.476 e. The molecule has 0 aliphatic carbocycles. The van der Waals surface area contributed by atoms with Gasteiger partial charge >= 0.3 is 5.97 Å². The molecule has 1 amide bonds. The van der Waals surface area contributed by atoms with E-state index >= 15 is 0 Å². The van der Waals surface area contributed by atoms with E-state index in [1.807, 2.05) is 18.2 Å². The number of amides is 1. The van der Waals surface area contributed by atoms with Crippen LogP contribution in [-0.2, 0) is 11.3 Å². The molecular weight excluding hydrogens is 248 g/mol. The van der Waals surface area contributed by atoms with Crippen LogP contribution >= 0.6 is 0 Å². The number of rotatable bonds is 5. The molecule has 0 spiro atoms. The number of nitrogens with zero attached hydrogens (tertiary/aromatic N) is 3. The molecular formula is C12H12N4O3. The van der Waals surface area contributed by atoms with Crippen molar-refractivity contribution in [2.45, 2.75) is 13.0 Å². The van der Waals surface area contributed by atoms with Crippen molar-refractivity contribution in [3.63, 3.8) is 0 Å². The van der Waals surface area contributed by atoms with Gasteiger partial charge in [0.05, 0.1) is 12.7 Å². The van der Waals surface area contributed by atoms with E-state index in [4.69, 9.17) is 5.11 Å². The van der Waals surface area contributed by atoms with Crippen LogP contribution in [0.3, 0.4) is 0 Å². The maximum absolute atomic E-state index is 11.6. The summed E-state index contributed by atoms with van der Waals surface area (Å²) in [7, 11) is 0. The van der Waals surface area contributed by atoms with Crippen LogP contribution in [0, 0.1) is 0 Å². The van der Waals surface area contributed by atoms with Crippen molar-refractivity contribution in [1.82, 2.24) is 15.0 Å². The number of carbonyl (C=O) groups is 2. The maximum atomic E-state index is 11.6. The largest absolute Gasteiger partial charge is 0.476 e. The van der Waals surface area contributed by atoms with Gasteiger partial charge in [0, 0.05) is 12.1 Å². The minimum absolute atomic E-state index is 0.136. The highest BCUT2D eigenvalue weighted by Crippen LogP contribution is 2.05. The standard InChI is InChI=1S/C12H12N4O3/c17-11(13-9-4-2-1-3-5-9)6-7-16-8-10(12(18)19)14-15-16/h1-5,8H,6-7H2,(H,13,17)(H,18,19). The Hall–Kier alpha value is -2.70. The number of aryl methyl sites for hydroxylation is 1. The number of hydrogen-bond acceptors (Lipinski definition) is 4. The van der Waals surface area contributed by atoms with Gasteiger partial charge in [-0.15, -0.1) is 5.10 Å². The second-order valence-electron chi connectivity index (χ2n) is 3.84. The summed E-state index contributed by atoms with van der Waals surface area (Å²) in [5, 5.41) is 18.5. The van der Waals surface area contributed by atoms with Crippen molar-refractivity contribution in [3.8, 4) is 0 Å². The van der Waals surface area contributed by atoms with Gasteiger partial charge in [0.25, 0.3) is 0 Å². The number of benzene rings is 1. The van der Waals surface area contributed by atoms with E-state index in [0.717, 1.165) is 5.69 Å². The molecule has 2 N–H and O–H groups in total. The molecule has 0 radical (unpaired) electrons. The van der Waals surface area contributed by atoms with E-state index in [2.05, 4.69) is 15.6 Å². The topological polar surface area (TPSA) is 97.1 Å². The number of anilines is 1. The van der Waals surface area contributed by atoms with Crippen molar-refractivity contribution in [1.29, 1.82) is 0 Å². The lowest BCUT2D eigenvalue weighted by Gasteiger charge is -2.04. The third-order valence-electron chi connectivity index (χ3n) is 2.38. The first kappa shape index (κ1) is 12.7. The van der Waals surface area contributed by atoms with Gasteiger partial charge in [-0.3, -0.25) is 9.48 Å². The predicted octanol–water partition coefficient (Wildman–Crippen LogP) is 1.01. The molecule has 0 fully saturated rings. The van der Waals surface area contributed by atoms with E-state index in [1.165, 1.54) is 10.9 Å². The molecule has 0 saturated carbocycles. The van der Waals surface area contributed by atoms with E-state index in [-0.39, 0.29) is 24.6 Å². The lowest BCUT2D eigenvalue weighted by molar-refractivity contribution is -0.116. The Morgan fingerprint density at radius 3 is 2.63 bits per heavy atom. The van der Waals surface area contributed by atoms with Crippen LogP contribution in [0.2, 0.25) is 0 Å². The summed E-state index contributed by atoms with van der Waals surface area (Å²) in [4.78, 5) is 22.2. The van der Waals surface area contributed by atoms with Crippen molar-refractivity contribution in [2.24, 2.45) is 0 Å². The second-order valence-corrected chi connectivity index (χ2v) is 3.84. The van der Waals surface area contributed by atoms with E-state index in [1.54, 1.807) is 12.1 Å². The normalized spacial score (nSPS) is 10.1. The Morgan fingerprint density at radius 2 is 2.00 bits per heavy atom. The summed E-state index contributed by atoms with van der Waals surface area (Å²) < 4.78 is 1.33. The molecule has 2 aromatic rings. The highest BCUT2D eigenvalue weighted by molar-refractivity contribution is 5.90. The highest BCUT2D eigenvalue weighted by Gasteiger charge is 2.09. The number of aromatic carboxylic acids is 1. The number of carboxylic acids is 1. The van der Waals surface area contributed by atoms with Gasteiger partial charge in [-0.1, -0.05) is 23.4 Å². The molecule has 0 atom stereocenters. The number of carboxylic acid groups (broad SMARTS) is 1. The molecule has 7 heteroatoms. The summed E-state index contributed by atoms with van der Waals surface area (Å²) >= 11 is 0. The Bertz CT molecular complexity index is 580. The van der Waals surface area contributed by atoms with Crippen molar-refractivity contribution in [2.75, 3.05) is 5.32 Å². The molecule has 98 valence electrons. The zero-order valence-electron chi connectivity index (χ0n) is 9.98. The molecule has 19 heavy (non-hydrogen) atoms. The Labute approximate surface area is 108 Å². The van der Waals surface area contributed by atoms with E-state index in [9.17, 15) is 9.59 Å². The van der Waals surface area contributed by atoms with Crippen LogP contribution < -0.4 is 5.32 Å². The van der Waals surface area contributed by atoms with Crippen LogP contribution in [0.1, 0.15) is 16.9 Å². The predicted molar refractivity (Wildman–Crippen MR) is 66.7 cm³/mol. The summed E-state index contributed by atoms with van der Waals surface area (Å²) in [5.41, 5.74) is 0.584. The van der Waals surface area contributed by atoms with Gasteiger partial charge < -0.3 is 10.4 Å². The molecule has 1 aromatic heterocycles. The van der Waals surface area contributed by atoms with Gasteiger partial charge in [-0.05, 0) is 12.1 Å². The number of aromatic nitrogens is 3. The fourth-order valence-electron chi connectivity index (χ4n) is 1.47. The molecule has 2 rings (SSSR count). The molecule has 0 saturated heterocycles. The van der Waals surface area contributed by atoms with Crippen molar-refractivity contribution >= 4 is 17.6 Å². The van der Waals surface area contributed by atoms with Crippen molar-refractivity contribution in [3.05, 3.63) is 42.2 Å². The monoisotopic (exact) mass is 260 g/mol. The molecule has 0 bridgehead atoms. The minimum atomic E-state index is -1.14. The first-order valence-corrected chi connectivity index (χ1v) is 5.63. The van der Waals surface area contributed by atoms with Crippen LogP contribution in [0.15, 0.2) is 36.5 Å². The molecule has 7 nitrogen and oxygen atoms in total. The lowest BCUT2D eigenvalue weighted by Crippen LogP contribution is -2.14. The zero-order chi connectivity index (χ0) is 13.7. The lowest BCUT2D eigenvalue weighted by atomic mass is 10.3. The first-order valence-electron chi connectivity index (χ1n) is 5.63. The maximum Gasteiger partial charge on any atom is 0.358 e. The average Bonchev–Trinajstić information content (AvgIpc) is 2.86. The summed E-state index contributed by atoms with van der Waals surface area (Å²) in [6.07, 6.45) is 1.48. The quantitative estimate of drug-likeness (QED) is 0.836. The summed E-state index contributed by atoms with van der Waals surface area (Å²) in [6.45, 7) is 0.277. The van der Waals surface area contributed by atoms with Gasteiger partial charge in [0.1, 0.15) is 0 Å². The fourth-order valence-corrected chi connectivity index (χ4v) is 1.47. The van der Waals surface area contributed by atoms with Gasteiger partial charge in [-0.2, -0.15) is 0 Å². The average molecular weight is 260 g/mol. The van der Waals surface area contributed by atoms with Gasteiger partial charge in [0.2, 0.25) is 5.91 Å². The number of carbonyl (C=O) groups excluding carboxylic acids is 1. The molecule has 1 aromatic carbocycles. The molecule has 0 unspecified atom stereocenters.